The summed E-state index contributed by atoms with van der Waals surface area (Å²) in [7, 11) is 0. The fraction of sp³-hybridized carbons (Fsp3) is 0.435. The van der Waals surface area contributed by atoms with Crippen LogP contribution < -0.4 is 0 Å². The molecule has 2 atom stereocenters. The van der Waals surface area contributed by atoms with E-state index in [1.54, 1.807) is 29.3 Å². The van der Waals surface area contributed by atoms with Gasteiger partial charge in [-0.25, -0.2) is 0 Å². The van der Waals surface area contributed by atoms with Crippen LogP contribution in [0.15, 0.2) is 54.7 Å². The highest BCUT2D eigenvalue weighted by molar-refractivity contribution is 5.93. The molecule has 0 unspecified atom stereocenters. The SMILES string of the molecule is O=C(c1ccccn1)N1CC2(C1)[C@@H](c1ccccc1)[C@@H](CO)N2C(=O)CC1CC1. The van der Waals surface area contributed by atoms with Gasteiger partial charge >= 0.3 is 0 Å². The zero-order valence-electron chi connectivity index (χ0n) is 16.3. The number of hydrogen-bond acceptors (Lipinski definition) is 4. The van der Waals surface area contributed by atoms with Crippen molar-refractivity contribution in [3.63, 3.8) is 0 Å². The quantitative estimate of drug-likeness (QED) is 0.847. The van der Waals surface area contributed by atoms with Gasteiger partial charge in [-0.2, -0.15) is 0 Å². The van der Waals surface area contributed by atoms with Gasteiger partial charge in [-0.05, 0) is 36.5 Å². The van der Waals surface area contributed by atoms with Gasteiger partial charge in [0, 0.05) is 31.6 Å². The number of aliphatic hydroxyl groups excluding tert-OH is 1. The molecule has 1 aromatic heterocycles. The zero-order valence-corrected chi connectivity index (χ0v) is 16.3. The molecule has 2 amide bonds. The fourth-order valence-electron chi connectivity index (χ4n) is 5.14. The van der Waals surface area contributed by atoms with Crippen LogP contribution in [0.2, 0.25) is 0 Å². The van der Waals surface area contributed by atoms with Gasteiger partial charge < -0.3 is 14.9 Å². The number of benzene rings is 1. The minimum absolute atomic E-state index is 0.0321. The number of hydrogen-bond donors (Lipinski definition) is 1. The first-order chi connectivity index (χ1) is 14.1. The molecule has 1 saturated carbocycles. The molecule has 3 heterocycles. The van der Waals surface area contributed by atoms with Crippen molar-refractivity contribution >= 4 is 11.8 Å². The van der Waals surface area contributed by atoms with Crippen molar-refractivity contribution in [1.29, 1.82) is 0 Å². The number of likely N-dealkylation sites (tertiary alicyclic amines) is 2. The lowest BCUT2D eigenvalue weighted by Gasteiger charge is -2.70. The van der Waals surface area contributed by atoms with Crippen molar-refractivity contribution < 1.29 is 14.7 Å². The lowest BCUT2D eigenvalue weighted by atomic mass is 9.60. The number of nitrogens with zero attached hydrogens (tertiary/aromatic N) is 3. The number of aliphatic hydroxyl groups is 1. The Hall–Kier alpha value is -2.73. The van der Waals surface area contributed by atoms with Crippen LogP contribution in [0.25, 0.3) is 0 Å². The predicted octanol–water partition coefficient (Wildman–Crippen LogP) is 2.06. The largest absolute Gasteiger partial charge is 0.394 e. The molecule has 150 valence electrons. The van der Waals surface area contributed by atoms with E-state index in [0.29, 0.717) is 31.1 Å². The second kappa shape index (κ2) is 6.95. The Bertz CT molecular complexity index is 907. The molecule has 0 radical (unpaired) electrons. The molecule has 1 aliphatic carbocycles. The maximum atomic E-state index is 13.1. The summed E-state index contributed by atoms with van der Waals surface area (Å²) in [6.45, 7) is 0.898. The zero-order chi connectivity index (χ0) is 20.0. The Morgan fingerprint density at radius 1 is 1.07 bits per heavy atom. The third kappa shape index (κ3) is 2.94. The second-order valence-corrected chi connectivity index (χ2v) is 8.53. The van der Waals surface area contributed by atoms with E-state index in [-0.39, 0.29) is 30.4 Å². The summed E-state index contributed by atoms with van der Waals surface area (Å²) in [6, 6.07) is 15.1. The van der Waals surface area contributed by atoms with Crippen LogP contribution in [0.4, 0.5) is 0 Å². The summed E-state index contributed by atoms with van der Waals surface area (Å²) in [5, 5.41) is 10.1. The molecule has 29 heavy (non-hydrogen) atoms. The smallest absolute Gasteiger partial charge is 0.272 e. The first-order valence-electron chi connectivity index (χ1n) is 10.3. The van der Waals surface area contributed by atoms with Crippen LogP contribution in [0, 0.1) is 5.92 Å². The summed E-state index contributed by atoms with van der Waals surface area (Å²) in [5.41, 5.74) is 1.12. The van der Waals surface area contributed by atoms with E-state index >= 15 is 0 Å². The number of carbonyl (C=O) groups is 2. The number of aromatic nitrogens is 1. The highest BCUT2D eigenvalue weighted by atomic mass is 16.3. The lowest BCUT2D eigenvalue weighted by Crippen LogP contribution is -2.86. The number of amides is 2. The van der Waals surface area contributed by atoms with Crippen LogP contribution in [0.5, 0.6) is 0 Å². The minimum atomic E-state index is -0.425. The molecule has 2 aliphatic heterocycles. The first kappa shape index (κ1) is 18.3. The van der Waals surface area contributed by atoms with Crippen molar-refractivity contribution in [3.05, 3.63) is 66.0 Å². The maximum absolute atomic E-state index is 13.1. The molecule has 3 fully saturated rings. The molecular formula is C23H25N3O3. The van der Waals surface area contributed by atoms with E-state index in [2.05, 4.69) is 17.1 Å². The van der Waals surface area contributed by atoms with Gasteiger partial charge in [-0.1, -0.05) is 36.4 Å². The summed E-state index contributed by atoms with van der Waals surface area (Å²) in [5.74, 6) is 0.527. The predicted molar refractivity (Wildman–Crippen MR) is 107 cm³/mol. The second-order valence-electron chi connectivity index (χ2n) is 8.53. The molecule has 6 nitrogen and oxygen atoms in total. The molecule has 1 aromatic carbocycles. The fourth-order valence-corrected chi connectivity index (χ4v) is 5.14. The van der Waals surface area contributed by atoms with E-state index in [9.17, 15) is 14.7 Å². The summed E-state index contributed by atoms with van der Waals surface area (Å²) < 4.78 is 0. The van der Waals surface area contributed by atoms with E-state index in [1.807, 2.05) is 23.1 Å². The average molecular weight is 391 g/mol. The summed E-state index contributed by atoms with van der Waals surface area (Å²) >= 11 is 0. The third-order valence-electron chi connectivity index (χ3n) is 6.65. The lowest BCUT2D eigenvalue weighted by molar-refractivity contribution is -0.194. The molecule has 2 saturated heterocycles. The molecular weight excluding hydrogens is 366 g/mol. The third-order valence-corrected chi connectivity index (χ3v) is 6.65. The van der Waals surface area contributed by atoms with Gasteiger partial charge in [0.15, 0.2) is 0 Å². The van der Waals surface area contributed by atoms with Gasteiger partial charge in [-0.3, -0.25) is 14.6 Å². The van der Waals surface area contributed by atoms with E-state index in [4.69, 9.17) is 0 Å². The monoisotopic (exact) mass is 391 g/mol. The Morgan fingerprint density at radius 2 is 1.79 bits per heavy atom. The molecule has 1 N–H and O–H groups in total. The average Bonchev–Trinajstić information content (AvgIpc) is 3.51. The van der Waals surface area contributed by atoms with Gasteiger partial charge in [0.2, 0.25) is 5.91 Å². The highest BCUT2D eigenvalue weighted by Crippen LogP contribution is 2.54. The number of pyridine rings is 1. The van der Waals surface area contributed by atoms with Crippen molar-refractivity contribution in [1.82, 2.24) is 14.8 Å². The summed E-state index contributed by atoms with van der Waals surface area (Å²) in [6.07, 6.45) is 4.39. The van der Waals surface area contributed by atoms with Crippen LogP contribution >= 0.6 is 0 Å². The molecule has 3 aliphatic rings. The maximum Gasteiger partial charge on any atom is 0.272 e. The number of carbonyl (C=O) groups excluding carboxylic acids is 2. The van der Waals surface area contributed by atoms with E-state index in [1.165, 1.54) is 0 Å². The van der Waals surface area contributed by atoms with Crippen LogP contribution in [-0.4, -0.2) is 63.0 Å². The van der Waals surface area contributed by atoms with Crippen molar-refractivity contribution in [2.45, 2.75) is 36.8 Å². The Labute approximate surface area is 170 Å². The topological polar surface area (TPSA) is 73.7 Å². The van der Waals surface area contributed by atoms with Crippen LogP contribution in [-0.2, 0) is 4.79 Å². The van der Waals surface area contributed by atoms with Crippen molar-refractivity contribution in [3.8, 4) is 0 Å². The van der Waals surface area contributed by atoms with Gasteiger partial charge in [0.25, 0.3) is 5.91 Å². The summed E-state index contributed by atoms with van der Waals surface area (Å²) in [4.78, 5) is 33.7. The van der Waals surface area contributed by atoms with Crippen molar-refractivity contribution in [2.24, 2.45) is 5.92 Å². The van der Waals surface area contributed by atoms with Crippen molar-refractivity contribution in [2.75, 3.05) is 19.7 Å². The van der Waals surface area contributed by atoms with Gasteiger partial charge in [0.1, 0.15) is 5.69 Å². The Kier molecular flexibility index (Phi) is 4.39. The Balaban J connectivity index is 1.42. The highest BCUT2D eigenvalue weighted by Gasteiger charge is 2.68. The van der Waals surface area contributed by atoms with Crippen LogP contribution in [0.3, 0.4) is 0 Å². The Morgan fingerprint density at radius 3 is 2.41 bits per heavy atom. The van der Waals surface area contributed by atoms with Gasteiger partial charge in [0.05, 0.1) is 18.2 Å². The number of rotatable bonds is 5. The normalized spacial score (nSPS) is 24.7. The minimum Gasteiger partial charge on any atom is -0.394 e. The molecule has 2 aromatic rings. The van der Waals surface area contributed by atoms with E-state index in [0.717, 1.165) is 18.4 Å². The van der Waals surface area contributed by atoms with E-state index < -0.39 is 5.54 Å². The first-order valence-corrected chi connectivity index (χ1v) is 10.3. The van der Waals surface area contributed by atoms with Crippen LogP contribution in [0.1, 0.15) is 41.2 Å². The molecule has 6 heteroatoms. The molecule has 5 rings (SSSR count). The molecule has 0 bridgehead atoms. The molecule has 1 spiro atoms. The standard InChI is InChI=1S/C23H25N3O3/c27-13-19-21(17-6-2-1-3-7-17)23(26(19)20(28)12-16-9-10-16)14-25(15-23)22(29)18-8-4-5-11-24-18/h1-8,11,16,19,21,27H,9-10,12-15H2/t19-,21+/m1/s1. The van der Waals surface area contributed by atoms with Gasteiger partial charge in [-0.15, -0.1) is 0 Å².